The van der Waals surface area contributed by atoms with Gasteiger partial charge in [-0.05, 0) is 30.7 Å². The van der Waals surface area contributed by atoms with Crippen LogP contribution in [0.1, 0.15) is 28.9 Å². The first-order valence-electron chi connectivity index (χ1n) is 5.63. The highest BCUT2D eigenvalue weighted by Gasteiger charge is 2.14. The topological polar surface area (TPSA) is 54.3 Å². The van der Waals surface area contributed by atoms with Crippen molar-refractivity contribution < 1.29 is 9.53 Å². The highest BCUT2D eigenvalue weighted by Crippen LogP contribution is 2.26. The summed E-state index contributed by atoms with van der Waals surface area (Å²) in [4.78, 5) is 11.9. The molecule has 0 radical (unpaired) electrons. The summed E-state index contributed by atoms with van der Waals surface area (Å²) in [5.74, 6) is -0.354. The molecule has 1 saturated heterocycles. The normalized spacial score (nSPS) is 16.4. The lowest BCUT2D eigenvalue weighted by Crippen LogP contribution is -2.23. The minimum Gasteiger partial charge on any atom is -0.465 e. The Bertz CT molecular complexity index is 411. The number of methoxy groups -OCH3 is 1. The van der Waals surface area contributed by atoms with Crippen molar-refractivity contribution in [1.82, 2.24) is 5.01 Å². The van der Waals surface area contributed by atoms with Crippen molar-refractivity contribution in [3.63, 3.8) is 0 Å². The molecule has 6 heteroatoms. The predicted molar refractivity (Wildman–Crippen MR) is 65.6 cm³/mol. The van der Waals surface area contributed by atoms with Gasteiger partial charge < -0.3 is 4.74 Å². The molecular weight excluding hydrogens is 238 g/mol. The molecule has 2 rings (SSSR count). The smallest absolute Gasteiger partial charge is 0.350 e. The van der Waals surface area contributed by atoms with Gasteiger partial charge in [-0.15, -0.1) is 16.5 Å². The number of thiophene rings is 1. The van der Waals surface area contributed by atoms with E-state index in [0.717, 1.165) is 25.9 Å². The van der Waals surface area contributed by atoms with E-state index in [1.165, 1.54) is 24.9 Å². The van der Waals surface area contributed by atoms with Crippen LogP contribution in [0.5, 0.6) is 0 Å². The second-order valence-electron chi connectivity index (χ2n) is 3.83. The fraction of sp³-hybridized carbons (Fsp3) is 0.545. The zero-order chi connectivity index (χ0) is 12.1. The molecule has 0 atom stereocenters. The maximum atomic E-state index is 11.4. The average Bonchev–Trinajstić information content (AvgIpc) is 2.85. The molecule has 17 heavy (non-hydrogen) atoms. The minimum atomic E-state index is -0.354. The van der Waals surface area contributed by atoms with Gasteiger partial charge in [-0.25, -0.2) is 4.79 Å². The van der Waals surface area contributed by atoms with Crippen LogP contribution in [0, 0.1) is 0 Å². The third-order valence-corrected chi connectivity index (χ3v) is 3.51. The van der Waals surface area contributed by atoms with Crippen LogP contribution in [0.15, 0.2) is 21.8 Å². The van der Waals surface area contributed by atoms with E-state index in [4.69, 9.17) is 0 Å². The molecule has 5 nitrogen and oxygen atoms in total. The fourth-order valence-corrected chi connectivity index (χ4v) is 2.45. The summed E-state index contributed by atoms with van der Waals surface area (Å²) in [7, 11) is 1.37. The van der Waals surface area contributed by atoms with E-state index in [2.05, 4.69) is 15.1 Å². The molecule has 92 valence electrons. The number of carbonyl (C=O) groups is 1. The van der Waals surface area contributed by atoms with Crippen LogP contribution in [-0.4, -0.2) is 31.2 Å². The molecule has 1 aliphatic rings. The Labute approximate surface area is 104 Å². The molecule has 1 fully saturated rings. The molecule has 0 saturated carbocycles. The van der Waals surface area contributed by atoms with Crippen LogP contribution in [0.2, 0.25) is 0 Å². The summed E-state index contributed by atoms with van der Waals surface area (Å²) in [5, 5.41) is 12.0. The van der Waals surface area contributed by atoms with E-state index < -0.39 is 0 Å². The van der Waals surface area contributed by atoms with E-state index in [0.29, 0.717) is 10.6 Å². The number of rotatable bonds is 3. The van der Waals surface area contributed by atoms with Crippen LogP contribution in [0.4, 0.5) is 5.69 Å². The van der Waals surface area contributed by atoms with Gasteiger partial charge in [0.15, 0.2) is 0 Å². The van der Waals surface area contributed by atoms with Gasteiger partial charge >= 0.3 is 5.97 Å². The van der Waals surface area contributed by atoms with Crippen molar-refractivity contribution in [1.29, 1.82) is 0 Å². The van der Waals surface area contributed by atoms with E-state index in [1.807, 2.05) is 10.4 Å². The molecule has 0 amide bonds. The van der Waals surface area contributed by atoms with Crippen LogP contribution in [0.25, 0.3) is 0 Å². The van der Waals surface area contributed by atoms with Crippen molar-refractivity contribution in [2.45, 2.75) is 19.3 Å². The summed E-state index contributed by atoms with van der Waals surface area (Å²) >= 11 is 1.32. The molecule has 0 aromatic carbocycles. The number of piperidine rings is 1. The monoisotopic (exact) mass is 253 g/mol. The van der Waals surface area contributed by atoms with E-state index in [1.54, 1.807) is 6.07 Å². The summed E-state index contributed by atoms with van der Waals surface area (Å²) in [6, 6.07) is 1.78. The highest BCUT2D eigenvalue weighted by molar-refractivity contribution is 7.12. The first kappa shape index (κ1) is 12.0. The van der Waals surface area contributed by atoms with Crippen LogP contribution >= 0.6 is 11.3 Å². The Morgan fingerprint density at radius 1 is 1.41 bits per heavy atom. The third kappa shape index (κ3) is 3.03. The largest absolute Gasteiger partial charge is 0.465 e. The zero-order valence-electron chi connectivity index (χ0n) is 9.76. The Kier molecular flexibility index (Phi) is 4.08. The lowest BCUT2D eigenvalue weighted by atomic mass is 10.2. The molecule has 0 aliphatic carbocycles. The first-order valence-corrected chi connectivity index (χ1v) is 6.51. The van der Waals surface area contributed by atoms with Crippen LogP contribution in [0.3, 0.4) is 0 Å². The number of carbonyl (C=O) groups excluding carboxylic acids is 1. The number of ether oxygens (including phenoxy) is 1. The lowest BCUT2D eigenvalue weighted by Gasteiger charge is -2.21. The molecule has 2 heterocycles. The average molecular weight is 253 g/mol. The van der Waals surface area contributed by atoms with Crippen molar-refractivity contribution in [3.05, 3.63) is 16.3 Å². The van der Waals surface area contributed by atoms with Crippen molar-refractivity contribution >= 4 is 23.0 Å². The van der Waals surface area contributed by atoms with Gasteiger partial charge in [-0.2, -0.15) is 0 Å². The number of nitrogens with zero attached hydrogens (tertiary/aromatic N) is 3. The highest BCUT2D eigenvalue weighted by atomic mass is 32.1. The van der Waals surface area contributed by atoms with Gasteiger partial charge in [0.1, 0.15) is 10.6 Å². The van der Waals surface area contributed by atoms with Crippen molar-refractivity contribution in [2.24, 2.45) is 10.3 Å². The SMILES string of the molecule is COC(=O)c1sccc1N=NN1CCCCC1. The molecule has 0 unspecified atom stereocenters. The molecule has 0 N–H and O–H groups in total. The summed E-state index contributed by atoms with van der Waals surface area (Å²) in [6.45, 7) is 1.89. The second-order valence-corrected chi connectivity index (χ2v) is 4.75. The van der Waals surface area contributed by atoms with Crippen molar-refractivity contribution in [2.75, 3.05) is 20.2 Å². The van der Waals surface area contributed by atoms with E-state index >= 15 is 0 Å². The second kappa shape index (κ2) is 5.77. The van der Waals surface area contributed by atoms with E-state index in [9.17, 15) is 4.79 Å². The standard InChI is InChI=1S/C11H15N3O2S/c1-16-11(15)10-9(5-8-17-10)12-13-14-6-3-2-4-7-14/h5,8H,2-4,6-7H2,1H3. The number of hydrogen-bond acceptors (Lipinski definition) is 5. The summed E-state index contributed by atoms with van der Waals surface area (Å²) in [5.41, 5.74) is 0.590. The minimum absolute atomic E-state index is 0.354. The lowest BCUT2D eigenvalue weighted by molar-refractivity contribution is 0.0607. The Hall–Kier alpha value is -1.43. The number of hydrogen-bond donors (Lipinski definition) is 0. The quantitative estimate of drug-likeness (QED) is 0.614. The van der Waals surface area contributed by atoms with Gasteiger partial charge in [-0.3, -0.25) is 5.01 Å². The summed E-state index contributed by atoms with van der Waals surface area (Å²) < 4.78 is 4.68. The van der Waals surface area contributed by atoms with Gasteiger partial charge in [0.2, 0.25) is 0 Å². The van der Waals surface area contributed by atoms with E-state index in [-0.39, 0.29) is 5.97 Å². The molecule has 0 bridgehead atoms. The maximum Gasteiger partial charge on any atom is 0.350 e. The third-order valence-electron chi connectivity index (χ3n) is 2.63. The molecule has 1 aromatic rings. The predicted octanol–water partition coefficient (Wildman–Crippen LogP) is 3.02. The molecule has 1 aromatic heterocycles. The molecular formula is C11H15N3O2S. The first-order chi connectivity index (χ1) is 8.31. The zero-order valence-corrected chi connectivity index (χ0v) is 10.6. The number of esters is 1. The van der Waals surface area contributed by atoms with Crippen LogP contribution in [-0.2, 0) is 4.74 Å². The van der Waals surface area contributed by atoms with Gasteiger partial charge in [-0.1, -0.05) is 5.22 Å². The Morgan fingerprint density at radius 2 is 2.18 bits per heavy atom. The maximum absolute atomic E-state index is 11.4. The Balaban J connectivity index is 2.04. The van der Waals surface area contributed by atoms with Crippen molar-refractivity contribution in [3.8, 4) is 0 Å². The Morgan fingerprint density at radius 3 is 2.88 bits per heavy atom. The summed E-state index contributed by atoms with van der Waals surface area (Å²) in [6.07, 6.45) is 3.58. The van der Waals surface area contributed by atoms with Gasteiger partial charge in [0.05, 0.1) is 7.11 Å². The van der Waals surface area contributed by atoms with Gasteiger partial charge in [0, 0.05) is 13.1 Å². The van der Waals surface area contributed by atoms with Crippen LogP contribution < -0.4 is 0 Å². The fourth-order valence-electron chi connectivity index (χ4n) is 1.70. The van der Waals surface area contributed by atoms with Gasteiger partial charge in [0.25, 0.3) is 0 Å². The molecule has 1 aliphatic heterocycles. The molecule has 0 spiro atoms.